The van der Waals surface area contributed by atoms with Gasteiger partial charge in [0.2, 0.25) is 0 Å². The van der Waals surface area contributed by atoms with Gasteiger partial charge in [0.25, 0.3) is 5.69 Å². The van der Waals surface area contributed by atoms with Gasteiger partial charge in [-0.3, -0.25) is 10.1 Å². The minimum Gasteiger partial charge on any atom is -0.493 e. The number of ether oxygens (including phenoxy) is 2. The second-order valence-electron chi connectivity index (χ2n) is 6.66. The smallest absolute Gasteiger partial charge is 0.269 e. The van der Waals surface area contributed by atoms with Gasteiger partial charge in [0.05, 0.1) is 24.9 Å². The lowest BCUT2D eigenvalue weighted by atomic mass is 9.87. The first-order valence-electron chi connectivity index (χ1n) is 9.29. The zero-order valence-corrected chi connectivity index (χ0v) is 16.9. The highest BCUT2D eigenvalue weighted by molar-refractivity contribution is 6.14. The molecule has 1 aliphatic heterocycles. The van der Waals surface area contributed by atoms with E-state index in [0.29, 0.717) is 17.2 Å². The molecule has 0 radical (unpaired) electrons. The van der Waals surface area contributed by atoms with Gasteiger partial charge in [0, 0.05) is 29.3 Å². The summed E-state index contributed by atoms with van der Waals surface area (Å²) in [6.45, 7) is 4.09. The van der Waals surface area contributed by atoms with Crippen LogP contribution in [0.3, 0.4) is 0 Å². The Bertz CT molecular complexity index is 1010. The summed E-state index contributed by atoms with van der Waals surface area (Å²) >= 11 is 0. The minimum atomic E-state index is -0.416. The highest BCUT2D eigenvalue weighted by atomic mass is 16.6. The van der Waals surface area contributed by atoms with Crippen LogP contribution in [0, 0.1) is 10.1 Å². The first-order chi connectivity index (χ1) is 14.0. The quantitative estimate of drug-likeness (QED) is 0.511. The molecule has 1 atom stereocenters. The van der Waals surface area contributed by atoms with Crippen molar-refractivity contribution in [3.05, 3.63) is 69.3 Å². The van der Waals surface area contributed by atoms with E-state index in [0.717, 1.165) is 28.8 Å². The van der Waals surface area contributed by atoms with Crippen LogP contribution >= 0.6 is 0 Å². The number of nitrogens with zero attached hydrogens (tertiary/aromatic N) is 3. The Hall–Kier alpha value is -3.48. The highest BCUT2D eigenvalue weighted by Crippen LogP contribution is 2.37. The number of methoxy groups -OCH3 is 2. The largest absolute Gasteiger partial charge is 0.493 e. The van der Waals surface area contributed by atoms with E-state index in [1.807, 2.05) is 31.2 Å². The van der Waals surface area contributed by atoms with E-state index in [9.17, 15) is 10.1 Å². The van der Waals surface area contributed by atoms with Crippen molar-refractivity contribution in [2.24, 2.45) is 10.2 Å². The van der Waals surface area contributed by atoms with Gasteiger partial charge >= 0.3 is 0 Å². The van der Waals surface area contributed by atoms with E-state index in [1.165, 1.54) is 12.1 Å². The fraction of sp³-hybridized carbons (Fsp3) is 0.273. The van der Waals surface area contributed by atoms with Crippen molar-refractivity contribution in [1.29, 1.82) is 0 Å². The van der Waals surface area contributed by atoms with Gasteiger partial charge in [0.15, 0.2) is 11.5 Å². The molecule has 150 valence electrons. The summed E-state index contributed by atoms with van der Waals surface area (Å²) in [5.41, 5.74) is 4.51. The van der Waals surface area contributed by atoms with Crippen molar-refractivity contribution < 1.29 is 14.4 Å². The number of hydrogen-bond donors (Lipinski definition) is 0. The molecular weight excluding hydrogens is 370 g/mol. The number of allylic oxidation sites excluding steroid dienone is 1. The van der Waals surface area contributed by atoms with Crippen LogP contribution in [-0.4, -0.2) is 30.6 Å². The van der Waals surface area contributed by atoms with Gasteiger partial charge in [-0.25, -0.2) is 0 Å². The third kappa shape index (κ3) is 4.18. The fourth-order valence-corrected chi connectivity index (χ4v) is 3.41. The lowest BCUT2D eigenvalue weighted by Gasteiger charge is -2.19. The number of rotatable bonds is 6. The number of benzene rings is 2. The van der Waals surface area contributed by atoms with Crippen LogP contribution in [0.4, 0.5) is 5.69 Å². The van der Waals surface area contributed by atoms with E-state index >= 15 is 0 Å². The number of nitro groups is 1. The molecule has 7 nitrogen and oxygen atoms in total. The van der Waals surface area contributed by atoms with E-state index in [4.69, 9.17) is 9.47 Å². The van der Waals surface area contributed by atoms with Gasteiger partial charge in [-0.2, -0.15) is 10.2 Å². The predicted molar refractivity (Wildman–Crippen MR) is 114 cm³/mol. The first-order valence-corrected chi connectivity index (χ1v) is 9.29. The van der Waals surface area contributed by atoms with Crippen LogP contribution in [0.1, 0.15) is 42.9 Å². The molecule has 0 aliphatic carbocycles. The van der Waals surface area contributed by atoms with Crippen LogP contribution in [-0.2, 0) is 0 Å². The maximum Gasteiger partial charge on any atom is 0.269 e. The predicted octanol–water partition coefficient (Wildman–Crippen LogP) is 5.00. The van der Waals surface area contributed by atoms with Crippen molar-refractivity contribution in [2.45, 2.75) is 26.2 Å². The zero-order chi connectivity index (χ0) is 21.0. The summed E-state index contributed by atoms with van der Waals surface area (Å²) in [5, 5.41) is 19.7. The van der Waals surface area contributed by atoms with Crippen LogP contribution in [0.25, 0.3) is 6.08 Å². The molecular formula is C22H23N3O4. The van der Waals surface area contributed by atoms with E-state index in [1.54, 1.807) is 26.4 Å². The molecule has 0 N–H and O–H groups in total. The van der Waals surface area contributed by atoms with E-state index in [2.05, 4.69) is 17.1 Å². The Labute approximate surface area is 169 Å². The van der Waals surface area contributed by atoms with Gasteiger partial charge in [-0.15, -0.1) is 0 Å². The molecule has 0 fully saturated rings. The zero-order valence-electron chi connectivity index (χ0n) is 16.9. The summed E-state index contributed by atoms with van der Waals surface area (Å²) < 4.78 is 11.0. The minimum absolute atomic E-state index is 0.0575. The van der Waals surface area contributed by atoms with E-state index < -0.39 is 4.92 Å². The van der Waals surface area contributed by atoms with Gasteiger partial charge in [-0.1, -0.05) is 13.0 Å². The molecule has 0 bridgehead atoms. The average Bonchev–Trinajstić information content (AvgIpc) is 2.86. The van der Waals surface area contributed by atoms with E-state index in [-0.39, 0.29) is 11.6 Å². The Kier molecular flexibility index (Phi) is 6.07. The fourth-order valence-electron chi connectivity index (χ4n) is 3.41. The lowest BCUT2D eigenvalue weighted by Crippen LogP contribution is -2.11. The number of non-ortho nitro benzene ring substituents is 1. The van der Waals surface area contributed by atoms with Crippen molar-refractivity contribution in [2.75, 3.05) is 14.2 Å². The molecule has 0 amide bonds. The molecule has 1 unspecified atom stereocenters. The SMILES string of the molecule is CCC1C(C)=NN=C(/C=C/c2ccc([N+](=O)[O-])cc2)c2cc(OC)c(OC)cc21. The van der Waals surface area contributed by atoms with Gasteiger partial charge in [0.1, 0.15) is 0 Å². The molecule has 0 saturated carbocycles. The van der Waals surface area contributed by atoms with Crippen LogP contribution in [0.5, 0.6) is 11.5 Å². The normalized spacial score (nSPS) is 15.9. The number of nitro benzene ring substituents is 1. The third-order valence-corrected chi connectivity index (χ3v) is 4.97. The molecule has 1 aliphatic rings. The van der Waals surface area contributed by atoms with Crippen molar-refractivity contribution in [1.82, 2.24) is 0 Å². The molecule has 0 aromatic heterocycles. The molecule has 2 aromatic rings. The van der Waals surface area contributed by atoms with Crippen LogP contribution in [0.15, 0.2) is 52.7 Å². The molecule has 0 spiro atoms. The van der Waals surface area contributed by atoms with Crippen molar-refractivity contribution in [3.8, 4) is 11.5 Å². The summed E-state index contributed by atoms with van der Waals surface area (Å²) in [6, 6.07) is 10.3. The Morgan fingerprint density at radius 3 is 2.31 bits per heavy atom. The molecule has 3 rings (SSSR count). The second-order valence-corrected chi connectivity index (χ2v) is 6.66. The third-order valence-electron chi connectivity index (χ3n) is 4.97. The summed E-state index contributed by atoms with van der Waals surface area (Å²) in [4.78, 5) is 10.4. The van der Waals surface area contributed by atoms with Gasteiger partial charge < -0.3 is 9.47 Å². The van der Waals surface area contributed by atoms with Crippen LogP contribution < -0.4 is 9.47 Å². The molecule has 29 heavy (non-hydrogen) atoms. The van der Waals surface area contributed by atoms with Crippen molar-refractivity contribution in [3.63, 3.8) is 0 Å². The second kappa shape index (κ2) is 8.68. The maximum absolute atomic E-state index is 10.8. The Morgan fingerprint density at radius 2 is 1.72 bits per heavy atom. The Balaban J connectivity index is 2.06. The first kappa shape index (κ1) is 20.3. The summed E-state index contributed by atoms with van der Waals surface area (Å²) in [5.74, 6) is 1.41. The lowest BCUT2D eigenvalue weighted by molar-refractivity contribution is -0.384. The summed E-state index contributed by atoms with van der Waals surface area (Å²) in [6.07, 6.45) is 4.60. The summed E-state index contributed by atoms with van der Waals surface area (Å²) in [7, 11) is 3.22. The topological polar surface area (TPSA) is 86.3 Å². The average molecular weight is 393 g/mol. The molecule has 1 heterocycles. The molecule has 0 saturated heterocycles. The van der Waals surface area contributed by atoms with Crippen molar-refractivity contribution >= 4 is 23.2 Å². The maximum atomic E-state index is 10.8. The number of hydrogen-bond acceptors (Lipinski definition) is 6. The monoisotopic (exact) mass is 393 g/mol. The standard InChI is InChI=1S/C22H23N3O4/c1-5-17-14(2)23-24-20(11-8-15-6-9-16(10-7-15)25(26)27)19-13-22(29-4)21(28-3)12-18(17)19/h6-13,17H,5H2,1-4H3/b11-8+. The number of fused-ring (bicyclic) bond motifs is 1. The van der Waals surface area contributed by atoms with Crippen LogP contribution in [0.2, 0.25) is 0 Å². The highest BCUT2D eigenvalue weighted by Gasteiger charge is 2.24. The molecule has 2 aromatic carbocycles. The molecule has 7 heteroatoms. The Morgan fingerprint density at radius 1 is 1.07 bits per heavy atom. The van der Waals surface area contributed by atoms with Gasteiger partial charge in [-0.05, 0) is 54.8 Å².